The van der Waals surface area contributed by atoms with Crippen molar-refractivity contribution in [3.05, 3.63) is 106 Å². The summed E-state index contributed by atoms with van der Waals surface area (Å²) in [6, 6.07) is 23.6. The summed E-state index contributed by atoms with van der Waals surface area (Å²) in [7, 11) is 0. The third-order valence-corrected chi connectivity index (χ3v) is 4.76. The third kappa shape index (κ3) is 4.81. The molecule has 0 aliphatic rings. The van der Waals surface area contributed by atoms with Crippen LogP contribution in [0.2, 0.25) is 0 Å². The first-order chi connectivity index (χ1) is 15.5. The van der Waals surface area contributed by atoms with Crippen LogP contribution in [0.4, 0.5) is 16.0 Å². The first kappa shape index (κ1) is 20.8. The third-order valence-electron chi connectivity index (χ3n) is 4.76. The zero-order chi connectivity index (χ0) is 22.5. The highest BCUT2D eigenvalue weighted by Crippen LogP contribution is 2.25. The molecule has 0 saturated heterocycles. The molecule has 0 spiro atoms. The lowest BCUT2D eigenvalue weighted by Gasteiger charge is -2.09. The minimum atomic E-state index is -0.450. The minimum Gasteiger partial charge on any atom is -0.258 e. The normalized spacial score (nSPS) is 11.2. The number of nitrogens with one attached hydrogen (secondary N) is 1. The monoisotopic (exact) mass is 427 g/mol. The summed E-state index contributed by atoms with van der Waals surface area (Å²) in [5.74, 6) is -0.0558. The van der Waals surface area contributed by atoms with Crippen LogP contribution in [-0.4, -0.2) is 20.6 Å². The van der Waals surface area contributed by atoms with Gasteiger partial charge in [-0.05, 0) is 55.0 Å². The van der Waals surface area contributed by atoms with Gasteiger partial charge < -0.3 is 0 Å². The van der Waals surface area contributed by atoms with E-state index in [1.807, 2.05) is 36.4 Å². The SMILES string of the molecule is CC(=NNc1nc(-c2ccccc2)cc(-c2ccc(F)cc2)n1)c1ccc([N+](=O)[O-])cc1. The van der Waals surface area contributed by atoms with E-state index in [9.17, 15) is 14.5 Å². The fraction of sp³-hybridized carbons (Fsp3) is 0.0417. The Bertz CT molecular complexity index is 1270. The zero-order valence-corrected chi connectivity index (χ0v) is 17.1. The van der Waals surface area contributed by atoms with Crippen molar-refractivity contribution in [2.75, 3.05) is 5.43 Å². The van der Waals surface area contributed by atoms with Crippen LogP contribution in [0.15, 0.2) is 90.0 Å². The Morgan fingerprint density at radius 3 is 2.09 bits per heavy atom. The molecule has 1 heterocycles. The van der Waals surface area contributed by atoms with Crippen molar-refractivity contribution in [1.82, 2.24) is 9.97 Å². The van der Waals surface area contributed by atoms with Gasteiger partial charge in [0.2, 0.25) is 5.95 Å². The van der Waals surface area contributed by atoms with Crippen molar-refractivity contribution in [2.45, 2.75) is 6.92 Å². The number of anilines is 1. The molecule has 0 unspecified atom stereocenters. The molecule has 0 bridgehead atoms. The highest BCUT2D eigenvalue weighted by Gasteiger charge is 2.10. The predicted molar refractivity (Wildman–Crippen MR) is 122 cm³/mol. The fourth-order valence-corrected chi connectivity index (χ4v) is 3.05. The molecular weight excluding hydrogens is 409 g/mol. The molecular formula is C24H18FN5O2. The number of nitrogens with zero attached hydrogens (tertiary/aromatic N) is 4. The van der Waals surface area contributed by atoms with Crippen molar-refractivity contribution < 1.29 is 9.31 Å². The Kier molecular flexibility index (Phi) is 5.94. The van der Waals surface area contributed by atoms with Crippen LogP contribution >= 0.6 is 0 Å². The summed E-state index contributed by atoms with van der Waals surface area (Å²) < 4.78 is 13.4. The van der Waals surface area contributed by atoms with Gasteiger partial charge in [-0.2, -0.15) is 5.10 Å². The number of halogens is 1. The standard InChI is InChI=1S/C24H18FN5O2/c1-16(17-9-13-21(14-10-17)30(31)32)28-29-24-26-22(18-5-3-2-4-6-18)15-23(27-24)19-7-11-20(25)12-8-19/h2-15H,1H3,(H,26,27,29). The summed E-state index contributed by atoms with van der Waals surface area (Å²) in [4.78, 5) is 19.5. The van der Waals surface area contributed by atoms with E-state index in [4.69, 9.17) is 0 Å². The maximum Gasteiger partial charge on any atom is 0.269 e. The molecule has 4 aromatic rings. The summed E-state index contributed by atoms with van der Waals surface area (Å²) in [6.07, 6.45) is 0. The number of hydrogen-bond acceptors (Lipinski definition) is 6. The predicted octanol–water partition coefficient (Wildman–Crippen LogP) is 5.69. The quantitative estimate of drug-likeness (QED) is 0.242. The lowest BCUT2D eigenvalue weighted by Crippen LogP contribution is -2.04. The smallest absolute Gasteiger partial charge is 0.258 e. The van der Waals surface area contributed by atoms with E-state index in [0.717, 1.165) is 16.7 Å². The molecule has 32 heavy (non-hydrogen) atoms. The molecule has 0 fully saturated rings. The van der Waals surface area contributed by atoms with Crippen molar-refractivity contribution in [1.29, 1.82) is 0 Å². The van der Waals surface area contributed by atoms with Gasteiger partial charge in [0.25, 0.3) is 5.69 Å². The minimum absolute atomic E-state index is 0.0114. The first-order valence-corrected chi connectivity index (χ1v) is 9.75. The molecule has 0 radical (unpaired) electrons. The van der Waals surface area contributed by atoms with Gasteiger partial charge in [0.05, 0.1) is 22.0 Å². The van der Waals surface area contributed by atoms with E-state index >= 15 is 0 Å². The number of hydrazone groups is 1. The van der Waals surface area contributed by atoms with E-state index in [-0.39, 0.29) is 17.5 Å². The van der Waals surface area contributed by atoms with Crippen LogP contribution in [0.3, 0.4) is 0 Å². The number of aromatic nitrogens is 2. The molecule has 0 saturated carbocycles. The Labute approximate surface area is 183 Å². The molecule has 1 N–H and O–H groups in total. The highest BCUT2D eigenvalue weighted by molar-refractivity contribution is 5.99. The number of non-ortho nitro benzene ring substituents is 1. The summed E-state index contributed by atoms with van der Waals surface area (Å²) >= 11 is 0. The molecule has 3 aromatic carbocycles. The van der Waals surface area contributed by atoms with Crippen LogP contribution in [0, 0.1) is 15.9 Å². The number of benzene rings is 3. The van der Waals surface area contributed by atoms with Gasteiger partial charge in [0.15, 0.2) is 0 Å². The molecule has 0 amide bonds. The molecule has 4 rings (SSSR count). The first-order valence-electron chi connectivity index (χ1n) is 9.75. The van der Waals surface area contributed by atoms with Gasteiger partial charge in [0, 0.05) is 23.3 Å². The van der Waals surface area contributed by atoms with Crippen LogP contribution in [0.5, 0.6) is 0 Å². The lowest BCUT2D eigenvalue weighted by atomic mass is 10.1. The van der Waals surface area contributed by atoms with Crippen LogP contribution < -0.4 is 5.43 Å². The summed E-state index contributed by atoms with van der Waals surface area (Å²) in [6.45, 7) is 1.77. The summed E-state index contributed by atoms with van der Waals surface area (Å²) in [5, 5.41) is 15.2. The van der Waals surface area contributed by atoms with Gasteiger partial charge >= 0.3 is 0 Å². The van der Waals surface area contributed by atoms with E-state index in [1.165, 1.54) is 24.3 Å². The maximum absolute atomic E-state index is 13.4. The van der Waals surface area contributed by atoms with Crippen molar-refractivity contribution in [2.24, 2.45) is 5.10 Å². The van der Waals surface area contributed by atoms with E-state index < -0.39 is 4.92 Å². The number of nitro benzene ring substituents is 1. The van der Waals surface area contributed by atoms with Crippen molar-refractivity contribution in [3.63, 3.8) is 0 Å². The second-order valence-corrected chi connectivity index (χ2v) is 6.95. The molecule has 8 heteroatoms. The maximum atomic E-state index is 13.4. The lowest BCUT2D eigenvalue weighted by molar-refractivity contribution is -0.384. The Hall–Kier alpha value is -4.46. The topological polar surface area (TPSA) is 93.3 Å². The zero-order valence-electron chi connectivity index (χ0n) is 17.1. The average Bonchev–Trinajstić information content (AvgIpc) is 2.83. The molecule has 1 aromatic heterocycles. The van der Waals surface area contributed by atoms with Crippen molar-refractivity contribution in [3.8, 4) is 22.5 Å². The van der Waals surface area contributed by atoms with Gasteiger partial charge in [-0.25, -0.2) is 19.8 Å². The van der Waals surface area contributed by atoms with Crippen LogP contribution in [0.25, 0.3) is 22.5 Å². The van der Waals surface area contributed by atoms with Gasteiger partial charge in [-0.3, -0.25) is 10.1 Å². The number of nitro groups is 1. The fourth-order valence-electron chi connectivity index (χ4n) is 3.05. The number of hydrogen-bond donors (Lipinski definition) is 1. The number of rotatable bonds is 6. The van der Waals surface area contributed by atoms with E-state index in [2.05, 4.69) is 20.5 Å². The highest BCUT2D eigenvalue weighted by atomic mass is 19.1. The summed E-state index contributed by atoms with van der Waals surface area (Å²) in [5.41, 5.74) is 7.15. The molecule has 0 atom stereocenters. The second-order valence-electron chi connectivity index (χ2n) is 6.95. The largest absolute Gasteiger partial charge is 0.269 e. The molecule has 7 nitrogen and oxygen atoms in total. The Balaban J connectivity index is 1.67. The van der Waals surface area contributed by atoms with Gasteiger partial charge in [-0.1, -0.05) is 30.3 Å². The van der Waals surface area contributed by atoms with E-state index in [0.29, 0.717) is 17.1 Å². The van der Waals surface area contributed by atoms with Gasteiger partial charge in [0.1, 0.15) is 5.82 Å². The molecule has 0 aliphatic heterocycles. The van der Waals surface area contributed by atoms with Crippen LogP contribution in [-0.2, 0) is 0 Å². The van der Waals surface area contributed by atoms with E-state index in [1.54, 1.807) is 31.2 Å². The van der Waals surface area contributed by atoms with Crippen LogP contribution in [0.1, 0.15) is 12.5 Å². The van der Waals surface area contributed by atoms with Crippen molar-refractivity contribution >= 4 is 17.3 Å². The van der Waals surface area contributed by atoms with Gasteiger partial charge in [-0.15, -0.1) is 0 Å². The molecule has 158 valence electrons. The Morgan fingerprint density at radius 1 is 0.906 bits per heavy atom. The average molecular weight is 427 g/mol. The second kappa shape index (κ2) is 9.13. The molecule has 0 aliphatic carbocycles. The Morgan fingerprint density at radius 2 is 1.50 bits per heavy atom.